The molecule has 1 saturated heterocycles. The lowest BCUT2D eigenvalue weighted by Crippen LogP contribution is -2.17. The summed E-state index contributed by atoms with van der Waals surface area (Å²) in [6.45, 7) is 5.16. The Morgan fingerprint density at radius 3 is 2.86 bits per heavy atom. The van der Waals surface area contributed by atoms with Crippen molar-refractivity contribution in [2.75, 3.05) is 35.2 Å². The van der Waals surface area contributed by atoms with Crippen molar-refractivity contribution < 1.29 is 4.92 Å². The first-order valence-corrected chi connectivity index (χ1v) is 8.35. The van der Waals surface area contributed by atoms with Crippen LogP contribution < -0.4 is 10.6 Å². The Hall–Kier alpha value is -1.57. The molecule has 1 aromatic heterocycles. The van der Waals surface area contributed by atoms with Crippen LogP contribution in [-0.4, -0.2) is 39.5 Å². The van der Waals surface area contributed by atoms with E-state index >= 15 is 0 Å². The summed E-state index contributed by atoms with van der Waals surface area (Å²) in [5.41, 5.74) is 0.361. The molecule has 1 fully saturated rings. The minimum absolute atomic E-state index is 0.0253. The molecule has 1 aliphatic rings. The SMILES string of the molecule is CCCNc1nc(C)c([N+](=O)[O-])c(NCC2CCSC2)n1. The first-order chi connectivity index (χ1) is 10.1. The van der Waals surface area contributed by atoms with Gasteiger partial charge in [0.15, 0.2) is 0 Å². The van der Waals surface area contributed by atoms with Gasteiger partial charge in [-0.2, -0.15) is 16.7 Å². The zero-order valence-corrected chi connectivity index (χ0v) is 13.2. The zero-order chi connectivity index (χ0) is 15.2. The minimum Gasteiger partial charge on any atom is -0.364 e. The van der Waals surface area contributed by atoms with E-state index in [2.05, 4.69) is 20.6 Å². The van der Waals surface area contributed by atoms with Crippen LogP contribution in [0.25, 0.3) is 0 Å². The number of thioether (sulfide) groups is 1. The molecule has 2 rings (SSSR count). The van der Waals surface area contributed by atoms with Gasteiger partial charge in [0, 0.05) is 13.1 Å². The molecule has 2 heterocycles. The second-order valence-corrected chi connectivity index (χ2v) is 6.27. The van der Waals surface area contributed by atoms with Crippen LogP contribution in [0.15, 0.2) is 0 Å². The average molecular weight is 311 g/mol. The van der Waals surface area contributed by atoms with Crippen LogP contribution in [0.5, 0.6) is 0 Å². The van der Waals surface area contributed by atoms with Crippen LogP contribution in [-0.2, 0) is 0 Å². The summed E-state index contributed by atoms with van der Waals surface area (Å²) in [6.07, 6.45) is 2.10. The molecule has 0 bridgehead atoms. The Labute approximate surface area is 128 Å². The van der Waals surface area contributed by atoms with Gasteiger partial charge in [-0.3, -0.25) is 10.1 Å². The number of hydrogen-bond donors (Lipinski definition) is 2. The van der Waals surface area contributed by atoms with E-state index < -0.39 is 4.92 Å². The Morgan fingerprint density at radius 2 is 2.24 bits per heavy atom. The van der Waals surface area contributed by atoms with Crippen molar-refractivity contribution in [3.8, 4) is 0 Å². The summed E-state index contributed by atoms with van der Waals surface area (Å²) in [4.78, 5) is 19.2. The van der Waals surface area contributed by atoms with Crippen LogP contribution in [0.4, 0.5) is 17.5 Å². The third-order valence-electron chi connectivity index (χ3n) is 3.36. The van der Waals surface area contributed by atoms with Crippen molar-refractivity contribution in [3.63, 3.8) is 0 Å². The van der Waals surface area contributed by atoms with Crippen molar-refractivity contribution in [3.05, 3.63) is 15.8 Å². The number of nitrogens with zero attached hydrogens (tertiary/aromatic N) is 3. The normalized spacial score (nSPS) is 17.7. The molecule has 7 nitrogen and oxygen atoms in total. The second-order valence-electron chi connectivity index (χ2n) is 5.12. The van der Waals surface area contributed by atoms with Crippen molar-refractivity contribution in [1.29, 1.82) is 0 Å². The van der Waals surface area contributed by atoms with Gasteiger partial charge in [-0.25, -0.2) is 4.98 Å². The largest absolute Gasteiger partial charge is 0.364 e. The van der Waals surface area contributed by atoms with E-state index in [4.69, 9.17) is 0 Å². The summed E-state index contributed by atoms with van der Waals surface area (Å²) in [7, 11) is 0. The topological polar surface area (TPSA) is 93.0 Å². The maximum Gasteiger partial charge on any atom is 0.332 e. The number of aromatic nitrogens is 2. The molecule has 1 aliphatic heterocycles. The Morgan fingerprint density at radius 1 is 1.43 bits per heavy atom. The van der Waals surface area contributed by atoms with Crippen molar-refractivity contribution in [2.45, 2.75) is 26.7 Å². The fourth-order valence-corrected chi connectivity index (χ4v) is 3.49. The molecular weight excluding hydrogens is 290 g/mol. The lowest BCUT2D eigenvalue weighted by Gasteiger charge is -2.13. The van der Waals surface area contributed by atoms with Gasteiger partial charge in [-0.15, -0.1) is 0 Å². The van der Waals surface area contributed by atoms with Crippen LogP contribution in [0.3, 0.4) is 0 Å². The van der Waals surface area contributed by atoms with E-state index in [9.17, 15) is 10.1 Å². The number of nitrogens with one attached hydrogen (secondary N) is 2. The maximum absolute atomic E-state index is 11.2. The van der Waals surface area contributed by atoms with Gasteiger partial charge in [-0.05, 0) is 37.2 Å². The highest BCUT2D eigenvalue weighted by atomic mass is 32.2. The first kappa shape index (κ1) is 15.8. The van der Waals surface area contributed by atoms with E-state index in [1.54, 1.807) is 6.92 Å². The number of rotatable bonds is 7. The standard InChI is InChI=1S/C13H21N5O2S/c1-3-5-14-13-16-9(2)11(18(19)20)12(17-13)15-7-10-4-6-21-8-10/h10H,3-8H2,1-2H3,(H2,14,15,16,17). The van der Waals surface area contributed by atoms with Gasteiger partial charge in [-0.1, -0.05) is 6.92 Å². The Kier molecular flexibility index (Phi) is 5.60. The van der Waals surface area contributed by atoms with Gasteiger partial charge in [0.1, 0.15) is 5.69 Å². The predicted octanol–water partition coefficient (Wildman–Crippen LogP) is 2.68. The van der Waals surface area contributed by atoms with Gasteiger partial charge >= 0.3 is 5.69 Å². The summed E-state index contributed by atoms with van der Waals surface area (Å²) in [5.74, 6) is 3.59. The molecule has 21 heavy (non-hydrogen) atoms. The zero-order valence-electron chi connectivity index (χ0n) is 12.4. The molecule has 1 aromatic rings. The molecule has 1 unspecified atom stereocenters. The van der Waals surface area contributed by atoms with Gasteiger partial charge in [0.25, 0.3) is 0 Å². The van der Waals surface area contributed by atoms with Crippen LogP contribution in [0.1, 0.15) is 25.5 Å². The summed E-state index contributed by atoms with van der Waals surface area (Å²) in [5, 5.41) is 17.5. The highest BCUT2D eigenvalue weighted by molar-refractivity contribution is 7.99. The Bertz CT molecular complexity index is 506. The highest BCUT2D eigenvalue weighted by Crippen LogP contribution is 2.28. The third-order valence-corrected chi connectivity index (χ3v) is 4.59. The molecule has 0 radical (unpaired) electrons. The van der Waals surface area contributed by atoms with Crippen molar-refractivity contribution in [1.82, 2.24) is 9.97 Å². The van der Waals surface area contributed by atoms with E-state index in [0.29, 0.717) is 23.4 Å². The van der Waals surface area contributed by atoms with E-state index in [1.807, 2.05) is 18.7 Å². The minimum atomic E-state index is -0.412. The molecule has 0 aromatic carbocycles. The van der Waals surface area contributed by atoms with Crippen LogP contribution >= 0.6 is 11.8 Å². The number of aryl methyl sites for hydroxylation is 1. The van der Waals surface area contributed by atoms with E-state index in [-0.39, 0.29) is 5.69 Å². The molecule has 116 valence electrons. The second kappa shape index (κ2) is 7.44. The molecule has 0 aliphatic carbocycles. The number of nitro groups is 1. The molecule has 0 saturated carbocycles. The van der Waals surface area contributed by atoms with Crippen LogP contribution in [0.2, 0.25) is 0 Å². The third kappa shape index (κ3) is 4.20. The van der Waals surface area contributed by atoms with Gasteiger partial charge in [0.2, 0.25) is 11.8 Å². The molecule has 0 spiro atoms. The molecular formula is C13H21N5O2S. The molecule has 0 amide bonds. The van der Waals surface area contributed by atoms with E-state index in [1.165, 1.54) is 5.75 Å². The molecule has 1 atom stereocenters. The lowest BCUT2D eigenvalue weighted by atomic mass is 10.1. The summed E-state index contributed by atoms with van der Waals surface area (Å²) < 4.78 is 0. The molecule has 8 heteroatoms. The quantitative estimate of drug-likeness (QED) is 0.590. The summed E-state index contributed by atoms with van der Waals surface area (Å²) in [6, 6.07) is 0. The monoisotopic (exact) mass is 311 g/mol. The summed E-state index contributed by atoms with van der Waals surface area (Å²) >= 11 is 1.93. The molecule has 2 N–H and O–H groups in total. The predicted molar refractivity (Wildman–Crippen MR) is 86.1 cm³/mol. The smallest absolute Gasteiger partial charge is 0.332 e. The number of anilines is 2. The first-order valence-electron chi connectivity index (χ1n) is 7.20. The van der Waals surface area contributed by atoms with Gasteiger partial charge < -0.3 is 10.6 Å². The fraction of sp³-hybridized carbons (Fsp3) is 0.692. The van der Waals surface area contributed by atoms with Crippen molar-refractivity contribution >= 4 is 29.2 Å². The highest BCUT2D eigenvalue weighted by Gasteiger charge is 2.23. The van der Waals surface area contributed by atoms with E-state index in [0.717, 1.165) is 31.7 Å². The number of hydrogen-bond acceptors (Lipinski definition) is 7. The average Bonchev–Trinajstić information content (AvgIpc) is 2.95. The maximum atomic E-state index is 11.2. The fourth-order valence-electron chi connectivity index (χ4n) is 2.21. The lowest BCUT2D eigenvalue weighted by molar-refractivity contribution is -0.385. The Balaban J connectivity index is 2.17. The van der Waals surface area contributed by atoms with Crippen molar-refractivity contribution in [2.24, 2.45) is 5.92 Å². The van der Waals surface area contributed by atoms with Gasteiger partial charge in [0.05, 0.1) is 4.92 Å². The van der Waals surface area contributed by atoms with Crippen LogP contribution in [0, 0.1) is 23.0 Å².